The number of ether oxygens (including phenoxy) is 1. The Bertz CT molecular complexity index is 643. The zero-order chi connectivity index (χ0) is 15.2. The fraction of sp³-hybridized carbons (Fsp3) is 0.0769. The average molecular weight is 434 g/mol. The summed E-state index contributed by atoms with van der Waals surface area (Å²) in [5, 5.41) is 0. The molecule has 0 aliphatic carbocycles. The Hall–Kier alpha value is -1.38. The molecular weight excluding hydrogens is 424 g/mol. The summed E-state index contributed by atoms with van der Waals surface area (Å²) in [6, 6.07) is 10.5. The molecule has 0 unspecified atom stereocenters. The van der Waals surface area contributed by atoms with Crippen molar-refractivity contribution < 1.29 is 14.3 Å². The van der Waals surface area contributed by atoms with E-state index in [0.29, 0.717) is 10.6 Å². The topological polar surface area (TPSA) is 67.4 Å². The Balaban J connectivity index is 1.74. The monoisotopic (exact) mass is 432 g/mol. The molecule has 0 fully saturated rings. The molecule has 0 saturated heterocycles. The number of benzene rings is 1. The molecule has 1 heterocycles. The van der Waals surface area contributed by atoms with E-state index in [9.17, 15) is 9.59 Å². The fourth-order valence-corrected chi connectivity index (χ4v) is 2.89. The lowest BCUT2D eigenvalue weighted by molar-refractivity contribution is -0.123. The highest BCUT2D eigenvalue weighted by molar-refractivity contribution is 9.11. The number of thiophene rings is 1. The van der Waals surface area contributed by atoms with Crippen LogP contribution < -0.4 is 15.6 Å². The van der Waals surface area contributed by atoms with Crippen molar-refractivity contribution in [1.29, 1.82) is 0 Å². The number of hydrazine groups is 1. The van der Waals surface area contributed by atoms with Crippen LogP contribution in [0.2, 0.25) is 0 Å². The van der Waals surface area contributed by atoms with E-state index in [1.165, 1.54) is 11.3 Å². The number of carbonyl (C=O) groups is 2. The summed E-state index contributed by atoms with van der Waals surface area (Å²) < 4.78 is 7.05. The highest BCUT2D eigenvalue weighted by atomic mass is 79.9. The second kappa shape index (κ2) is 7.58. The second-order valence-electron chi connectivity index (χ2n) is 3.85. The maximum atomic E-state index is 11.7. The lowest BCUT2D eigenvalue weighted by Gasteiger charge is -2.08. The molecule has 2 aromatic rings. The van der Waals surface area contributed by atoms with Gasteiger partial charge in [0.05, 0.1) is 8.66 Å². The Morgan fingerprint density at radius 2 is 1.76 bits per heavy atom. The molecule has 1 aromatic heterocycles. The molecule has 0 atom stereocenters. The van der Waals surface area contributed by atoms with Gasteiger partial charge in [-0.15, -0.1) is 11.3 Å². The minimum absolute atomic E-state index is 0.184. The Kier molecular flexibility index (Phi) is 5.77. The van der Waals surface area contributed by atoms with E-state index < -0.39 is 5.91 Å². The first kappa shape index (κ1) is 16.0. The number of halogens is 2. The molecule has 0 saturated carbocycles. The van der Waals surface area contributed by atoms with Crippen LogP contribution in [0.5, 0.6) is 5.75 Å². The van der Waals surface area contributed by atoms with E-state index in [1.807, 2.05) is 12.1 Å². The minimum Gasteiger partial charge on any atom is -0.484 e. The van der Waals surface area contributed by atoms with Gasteiger partial charge in [-0.3, -0.25) is 20.4 Å². The van der Waals surface area contributed by atoms with Crippen LogP contribution >= 0.6 is 43.2 Å². The van der Waals surface area contributed by atoms with E-state index in [4.69, 9.17) is 4.74 Å². The molecule has 2 rings (SSSR count). The van der Waals surface area contributed by atoms with Gasteiger partial charge in [0, 0.05) is 4.47 Å². The highest BCUT2D eigenvalue weighted by Gasteiger charge is 2.10. The quantitative estimate of drug-likeness (QED) is 0.728. The normalized spacial score (nSPS) is 10.0. The molecule has 2 N–H and O–H groups in total. The standard InChI is InChI=1S/C13H10Br2N2O3S/c14-8-1-3-9(4-2-8)20-7-12(18)16-17-13(19)10-5-6-11(15)21-10/h1-6H,7H2,(H,16,18)(H,17,19). The summed E-state index contributed by atoms with van der Waals surface area (Å²) in [7, 11) is 0. The van der Waals surface area contributed by atoms with Crippen molar-refractivity contribution in [1.82, 2.24) is 10.9 Å². The number of carbonyl (C=O) groups excluding carboxylic acids is 2. The summed E-state index contributed by atoms with van der Waals surface area (Å²) in [6.07, 6.45) is 0. The summed E-state index contributed by atoms with van der Waals surface area (Å²) in [6.45, 7) is -0.184. The predicted molar refractivity (Wildman–Crippen MR) is 87.3 cm³/mol. The third kappa shape index (κ3) is 5.14. The fourth-order valence-electron chi connectivity index (χ4n) is 1.34. The van der Waals surface area contributed by atoms with Crippen LogP contribution in [-0.2, 0) is 4.79 Å². The van der Waals surface area contributed by atoms with E-state index in [-0.39, 0.29) is 12.5 Å². The van der Waals surface area contributed by atoms with E-state index in [1.54, 1.807) is 24.3 Å². The molecule has 5 nitrogen and oxygen atoms in total. The molecule has 21 heavy (non-hydrogen) atoms. The van der Waals surface area contributed by atoms with Crippen LogP contribution in [-0.4, -0.2) is 18.4 Å². The molecule has 0 radical (unpaired) electrons. The molecule has 110 valence electrons. The molecule has 2 amide bonds. The zero-order valence-electron chi connectivity index (χ0n) is 10.6. The van der Waals surface area contributed by atoms with Gasteiger partial charge in [-0.2, -0.15) is 0 Å². The molecule has 0 spiro atoms. The van der Waals surface area contributed by atoms with Gasteiger partial charge >= 0.3 is 0 Å². The second-order valence-corrected chi connectivity index (χ2v) is 7.23. The van der Waals surface area contributed by atoms with Crippen LogP contribution in [0.25, 0.3) is 0 Å². The van der Waals surface area contributed by atoms with Gasteiger partial charge in [0.25, 0.3) is 11.8 Å². The molecule has 0 aliphatic heterocycles. The summed E-state index contributed by atoms with van der Waals surface area (Å²) in [4.78, 5) is 23.7. The van der Waals surface area contributed by atoms with Gasteiger partial charge in [0.15, 0.2) is 6.61 Å². The first-order valence-electron chi connectivity index (χ1n) is 5.77. The van der Waals surface area contributed by atoms with Crippen molar-refractivity contribution >= 4 is 55.0 Å². The molecule has 1 aromatic carbocycles. The van der Waals surface area contributed by atoms with Gasteiger partial charge < -0.3 is 4.74 Å². The maximum Gasteiger partial charge on any atom is 0.279 e. The third-order valence-corrected chi connectivity index (χ3v) is 4.45. The smallest absolute Gasteiger partial charge is 0.279 e. The number of hydrogen-bond donors (Lipinski definition) is 2. The van der Waals surface area contributed by atoms with E-state index in [0.717, 1.165) is 8.26 Å². The Morgan fingerprint density at radius 1 is 1.05 bits per heavy atom. The van der Waals surface area contributed by atoms with E-state index in [2.05, 4.69) is 42.7 Å². The molecule has 0 bridgehead atoms. The number of amides is 2. The third-order valence-electron chi connectivity index (χ3n) is 2.30. The van der Waals surface area contributed by atoms with Gasteiger partial charge in [0.1, 0.15) is 5.75 Å². The van der Waals surface area contributed by atoms with Gasteiger partial charge in [-0.05, 0) is 52.3 Å². The molecular formula is C13H10Br2N2O3S. The molecule has 0 aliphatic rings. The first-order chi connectivity index (χ1) is 10.0. The van der Waals surface area contributed by atoms with Crippen LogP contribution in [0.3, 0.4) is 0 Å². The first-order valence-corrected chi connectivity index (χ1v) is 8.18. The van der Waals surface area contributed by atoms with Crippen molar-refractivity contribution in [3.05, 3.63) is 49.5 Å². The van der Waals surface area contributed by atoms with Crippen molar-refractivity contribution in [3.63, 3.8) is 0 Å². The van der Waals surface area contributed by atoms with Crippen LogP contribution in [0, 0.1) is 0 Å². The Morgan fingerprint density at radius 3 is 2.38 bits per heavy atom. The Labute approximate surface area is 141 Å². The van der Waals surface area contributed by atoms with Crippen LogP contribution in [0.15, 0.2) is 44.7 Å². The summed E-state index contributed by atoms with van der Waals surface area (Å²) in [5.74, 6) is -0.244. The number of rotatable bonds is 4. The van der Waals surface area contributed by atoms with Gasteiger partial charge in [-0.1, -0.05) is 15.9 Å². The lowest BCUT2D eigenvalue weighted by Crippen LogP contribution is -2.43. The number of nitrogens with one attached hydrogen (secondary N) is 2. The minimum atomic E-state index is -0.443. The van der Waals surface area contributed by atoms with Gasteiger partial charge in [-0.25, -0.2) is 0 Å². The van der Waals surface area contributed by atoms with Crippen molar-refractivity contribution in [2.75, 3.05) is 6.61 Å². The van der Waals surface area contributed by atoms with Crippen LogP contribution in [0.4, 0.5) is 0 Å². The SMILES string of the molecule is O=C(COc1ccc(Br)cc1)NNC(=O)c1ccc(Br)s1. The van der Waals surface area contributed by atoms with Crippen molar-refractivity contribution in [2.45, 2.75) is 0 Å². The number of hydrogen-bond acceptors (Lipinski definition) is 4. The van der Waals surface area contributed by atoms with Gasteiger partial charge in [0.2, 0.25) is 0 Å². The average Bonchev–Trinajstić information content (AvgIpc) is 2.91. The maximum absolute atomic E-state index is 11.7. The zero-order valence-corrected chi connectivity index (χ0v) is 14.5. The largest absolute Gasteiger partial charge is 0.484 e. The molecule has 8 heteroatoms. The summed E-state index contributed by atoms with van der Waals surface area (Å²) in [5.41, 5.74) is 4.61. The predicted octanol–water partition coefficient (Wildman–Crippen LogP) is 3.11. The lowest BCUT2D eigenvalue weighted by atomic mass is 10.3. The summed E-state index contributed by atoms with van der Waals surface area (Å²) >= 11 is 7.85. The van der Waals surface area contributed by atoms with Crippen molar-refractivity contribution in [3.8, 4) is 5.75 Å². The highest BCUT2D eigenvalue weighted by Crippen LogP contribution is 2.21. The van der Waals surface area contributed by atoms with Crippen LogP contribution in [0.1, 0.15) is 9.67 Å². The van der Waals surface area contributed by atoms with Crippen molar-refractivity contribution in [2.24, 2.45) is 0 Å². The van der Waals surface area contributed by atoms with E-state index >= 15 is 0 Å².